The average Bonchev–Trinajstić information content (AvgIpc) is 2.88. The number of benzene rings is 2. The molecule has 0 saturated heterocycles. The maximum absolute atomic E-state index is 14.5. The Hall–Kier alpha value is -2.87. The maximum atomic E-state index is 14.5. The monoisotopic (exact) mass is 325 g/mol. The Morgan fingerprint density at radius 3 is 2.67 bits per heavy atom. The minimum Gasteiger partial charge on any atom is -0.396 e. The van der Waals surface area contributed by atoms with E-state index in [9.17, 15) is 14.0 Å². The predicted octanol–water partition coefficient (Wildman–Crippen LogP) is 4.76. The van der Waals surface area contributed by atoms with Gasteiger partial charge in [0.15, 0.2) is 5.82 Å². The van der Waals surface area contributed by atoms with Crippen molar-refractivity contribution in [3.8, 4) is 17.2 Å². The third-order valence-electron chi connectivity index (χ3n) is 4.20. The predicted molar refractivity (Wildman–Crippen MR) is 91.4 cm³/mol. The molecule has 2 aromatic carbocycles. The lowest BCUT2D eigenvalue weighted by Gasteiger charge is -2.07. The fourth-order valence-corrected chi connectivity index (χ4v) is 3.00. The van der Waals surface area contributed by atoms with Gasteiger partial charge < -0.3 is 10.3 Å². The van der Waals surface area contributed by atoms with E-state index in [4.69, 9.17) is 5.73 Å². The van der Waals surface area contributed by atoms with Crippen LogP contribution in [0.15, 0.2) is 30.5 Å². The highest BCUT2D eigenvalue weighted by molar-refractivity contribution is 5.98. The van der Waals surface area contributed by atoms with Crippen molar-refractivity contribution in [2.75, 3.05) is 5.73 Å². The average molecular weight is 325 g/mol. The zero-order valence-electron chi connectivity index (χ0n) is 13.5. The number of nitrogens with two attached hydrogens (primary N) is 1. The molecule has 122 valence electrons. The number of rotatable bonds is 3. The fraction of sp³-hybridized carbons (Fsp3) is 0.211. The van der Waals surface area contributed by atoms with Crippen LogP contribution in [0.1, 0.15) is 24.5 Å². The molecule has 0 amide bonds. The highest BCUT2D eigenvalue weighted by Crippen LogP contribution is 2.37. The highest BCUT2D eigenvalue weighted by Gasteiger charge is 2.20. The number of nitriles is 1. The van der Waals surface area contributed by atoms with E-state index in [-0.39, 0.29) is 11.3 Å². The molecule has 2 N–H and O–H groups in total. The number of aromatic nitrogens is 1. The van der Waals surface area contributed by atoms with Gasteiger partial charge in [-0.25, -0.2) is 8.78 Å². The number of nitrogens with zero attached hydrogens (tertiary/aromatic N) is 2. The Kier molecular flexibility index (Phi) is 3.98. The smallest absolute Gasteiger partial charge is 0.156 e. The molecule has 0 unspecified atom stereocenters. The lowest BCUT2D eigenvalue weighted by molar-refractivity contribution is 0.592. The van der Waals surface area contributed by atoms with Crippen LogP contribution in [-0.2, 0) is 6.54 Å². The standard InChI is InChI=1S/C19H17F2N3/c1-3-6-24-10-14(18-15(20)4-5-16(23)19(18)21)13-8-12(9-22)11(2)7-17(13)24/h4-5,7-8,10H,3,6,23H2,1-2H3. The van der Waals surface area contributed by atoms with E-state index in [1.807, 2.05) is 24.5 Å². The molecule has 0 aliphatic heterocycles. The van der Waals surface area contributed by atoms with Crippen LogP contribution in [0.4, 0.5) is 14.5 Å². The van der Waals surface area contributed by atoms with Gasteiger partial charge in [-0.3, -0.25) is 0 Å². The lowest BCUT2D eigenvalue weighted by atomic mass is 9.99. The largest absolute Gasteiger partial charge is 0.396 e. The first-order valence-corrected chi connectivity index (χ1v) is 7.75. The molecule has 3 rings (SSSR count). The Morgan fingerprint density at radius 1 is 1.25 bits per heavy atom. The first kappa shape index (κ1) is 16.0. The van der Waals surface area contributed by atoms with Crippen LogP contribution < -0.4 is 5.73 Å². The normalized spacial score (nSPS) is 11.0. The number of hydrogen-bond donors (Lipinski definition) is 1. The summed E-state index contributed by atoms with van der Waals surface area (Å²) in [6, 6.07) is 8.07. The van der Waals surface area contributed by atoms with E-state index in [1.54, 1.807) is 12.3 Å². The molecule has 3 nitrogen and oxygen atoms in total. The van der Waals surface area contributed by atoms with Gasteiger partial charge in [0, 0.05) is 29.2 Å². The van der Waals surface area contributed by atoms with E-state index in [1.165, 1.54) is 6.07 Å². The lowest BCUT2D eigenvalue weighted by Crippen LogP contribution is -1.97. The van der Waals surface area contributed by atoms with E-state index in [2.05, 4.69) is 6.07 Å². The second-order valence-electron chi connectivity index (χ2n) is 5.86. The zero-order chi connectivity index (χ0) is 17.4. The molecule has 5 heteroatoms. The molecule has 0 aliphatic rings. The maximum Gasteiger partial charge on any atom is 0.156 e. The molecule has 24 heavy (non-hydrogen) atoms. The summed E-state index contributed by atoms with van der Waals surface area (Å²) >= 11 is 0. The van der Waals surface area contributed by atoms with Crippen LogP contribution in [0, 0.1) is 29.9 Å². The molecule has 0 saturated carbocycles. The summed E-state index contributed by atoms with van der Waals surface area (Å²) < 4.78 is 30.8. The van der Waals surface area contributed by atoms with E-state index < -0.39 is 11.6 Å². The molecule has 0 fully saturated rings. The summed E-state index contributed by atoms with van der Waals surface area (Å²) in [7, 11) is 0. The van der Waals surface area contributed by atoms with Crippen molar-refractivity contribution in [2.24, 2.45) is 0 Å². The van der Waals surface area contributed by atoms with Crippen LogP contribution in [0.5, 0.6) is 0 Å². The van der Waals surface area contributed by atoms with Crippen LogP contribution in [-0.4, -0.2) is 4.57 Å². The van der Waals surface area contributed by atoms with Gasteiger partial charge in [0.05, 0.1) is 22.9 Å². The summed E-state index contributed by atoms with van der Waals surface area (Å²) in [5, 5.41) is 9.93. The van der Waals surface area contributed by atoms with Gasteiger partial charge in [-0.15, -0.1) is 0 Å². The Labute approximate surface area is 138 Å². The van der Waals surface area contributed by atoms with E-state index in [0.717, 1.165) is 23.6 Å². The van der Waals surface area contributed by atoms with Gasteiger partial charge in [0.1, 0.15) is 5.82 Å². The van der Waals surface area contributed by atoms with Gasteiger partial charge in [0.25, 0.3) is 0 Å². The third-order valence-corrected chi connectivity index (χ3v) is 4.20. The second kappa shape index (κ2) is 5.97. The number of anilines is 1. The minimum absolute atomic E-state index is 0.101. The number of aryl methyl sites for hydroxylation is 2. The zero-order valence-corrected chi connectivity index (χ0v) is 13.5. The fourth-order valence-electron chi connectivity index (χ4n) is 3.00. The summed E-state index contributed by atoms with van der Waals surface area (Å²) in [6.07, 6.45) is 2.61. The van der Waals surface area contributed by atoms with Crippen LogP contribution in [0.25, 0.3) is 22.0 Å². The van der Waals surface area contributed by atoms with Crippen molar-refractivity contribution in [1.82, 2.24) is 4.57 Å². The Bertz CT molecular complexity index is 981. The van der Waals surface area contributed by atoms with E-state index >= 15 is 0 Å². The minimum atomic E-state index is -0.773. The van der Waals surface area contributed by atoms with Crippen LogP contribution in [0.3, 0.4) is 0 Å². The molecular formula is C19H17F2N3. The molecule has 1 aromatic heterocycles. The first-order valence-electron chi connectivity index (χ1n) is 7.75. The summed E-state index contributed by atoms with van der Waals surface area (Å²) in [6.45, 7) is 4.60. The van der Waals surface area contributed by atoms with Gasteiger partial charge >= 0.3 is 0 Å². The number of halogens is 2. The van der Waals surface area contributed by atoms with Crippen LogP contribution in [0.2, 0.25) is 0 Å². The highest BCUT2D eigenvalue weighted by atomic mass is 19.1. The van der Waals surface area contributed by atoms with Gasteiger partial charge in [-0.05, 0) is 43.2 Å². The van der Waals surface area contributed by atoms with Gasteiger partial charge in [0.2, 0.25) is 0 Å². The molecule has 3 aromatic rings. The van der Waals surface area contributed by atoms with Crippen molar-refractivity contribution in [1.29, 1.82) is 5.26 Å². The van der Waals surface area contributed by atoms with Crippen molar-refractivity contribution >= 4 is 16.6 Å². The van der Waals surface area contributed by atoms with Crippen molar-refractivity contribution in [3.63, 3.8) is 0 Å². The Morgan fingerprint density at radius 2 is 2.00 bits per heavy atom. The number of nitrogen functional groups attached to an aromatic ring is 1. The summed E-state index contributed by atoms with van der Waals surface area (Å²) in [5.74, 6) is -1.44. The first-order chi connectivity index (χ1) is 11.5. The summed E-state index contributed by atoms with van der Waals surface area (Å²) in [4.78, 5) is 0. The quantitative estimate of drug-likeness (QED) is 0.706. The molecule has 0 spiro atoms. The van der Waals surface area contributed by atoms with Crippen molar-refractivity contribution < 1.29 is 8.78 Å². The van der Waals surface area contributed by atoms with Crippen molar-refractivity contribution in [3.05, 3.63) is 53.2 Å². The van der Waals surface area contributed by atoms with Gasteiger partial charge in [-0.2, -0.15) is 5.26 Å². The molecule has 0 aliphatic carbocycles. The van der Waals surface area contributed by atoms with Crippen LogP contribution >= 0.6 is 0 Å². The molecular weight excluding hydrogens is 308 g/mol. The SMILES string of the molecule is CCCn1cc(-c2c(F)ccc(N)c2F)c2cc(C#N)c(C)cc21. The number of hydrogen-bond acceptors (Lipinski definition) is 2. The summed E-state index contributed by atoms with van der Waals surface area (Å²) in [5.41, 5.74) is 7.95. The Balaban J connectivity index is 2.41. The molecule has 0 radical (unpaired) electrons. The second-order valence-corrected chi connectivity index (χ2v) is 5.86. The number of fused-ring (bicyclic) bond motifs is 1. The van der Waals surface area contributed by atoms with Crippen molar-refractivity contribution in [2.45, 2.75) is 26.8 Å². The van der Waals surface area contributed by atoms with Gasteiger partial charge in [-0.1, -0.05) is 6.92 Å². The molecule has 0 bridgehead atoms. The molecule has 1 heterocycles. The molecule has 0 atom stereocenters. The topological polar surface area (TPSA) is 54.7 Å². The van der Waals surface area contributed by atoms with E-state index in [0.29, 0.717) is 23.1 Å². The third kappa shape index (κ3) is 2.41.